The molecule has 3 aromatic carbocycles. The van der Waals surface area contributed by atoms with Crippen LogP contribution in [-0.4, -0.2) is 31.2 Å². The number of para-hydroxylation sites is 1. The third kappa shape index (κ3) is 4.62. The number of halogens is 2. The lowest BCUT2D eigenvalue weighted by Gasteiger charge is -2.25. The highest BCUT2D eigenvalue weighted by Crippen LogP contribution is 2.37. The molecular formula is C25H19Cl2N3O4. The Kier molecular flexibility index (Phi) is 6.86. The SMILES string of the molecule is COC(=O)NN(C(=O)c1c(OC)c(-c2ccccc2)nc2ccccc12)c1cc(Cl)cc(Cl)c1. The van der Waals surface area contributed by atoms with Crippen molar-refractivity contribution in [1.29, 1.82) is 0 Å². The van der Waals surface area contributed by atoms with Gasteiger partial charge in [0.05, 0.1) is 31.0 Å². The zero-order valence-electron chi connectivity index (χ0n) is 18.2. The number of nitrogens with zero attached hydrogens (tertiary/aromatic N) is 2. The molecule has 0 radical (unpaired) electrons. The number of aromatic nitrogens is 1. The van der Waals surface area contributed by atoms with Crippen LogP contribution in [0.2, 0.25) is 10.0 Å². The van der Waals surface area contributed by atoms with E-state index < -0.39 is 12.0 Å². The Morgan fingerprint density at radius 2 is 1.56 bits per heavy atom. The van der Waals surface area contributed by atoms with Gasteiger partial charge in [0, 0.05) is 21.0 Å². The van der Waals surface area contributed by atoms with E-state index >= 15 is 0 Å². The molecule has 34 heavy (non-hydrogen) atoms. The molecule has 1 heterocycles. The third-order valence-electron chi connectivity index (χ3n) is 5.01. The molecule has 0 bridgehead atoms. The normalized spacial score (nSPS) is 10.6. The van der Waals surface area contributed by atoms with Gasteiger partial charge in [-0.25, -0.2) is 20.2 Å². The van der Waals surface area contributed by atoms with Crippen molar-refractivity contribution in [2.45, 2.75) is 0 Å². The molecule has 0 saturated heterocycles. The van der Waals surface area contributed by atoms with Gasteiger partial charge in [-0.1, -0.05) is 71.7 Å². The average Bonchev–Trinajstić information content (AvgIpc) is 2.85. The van der Waals surface area contributed by atoms with Gasteiger partial charge in [-0.2, -0.15) is 0 Å². The Hall–Kier alpha value is -3.81. The van der Waals surface area contributed by atoms with E-state index in [1.165, 1.54) is 32.4 Å². The van der Waals surface area contributed by atoms with Crippen LogP contribution in [0.5, 0.6) is 5.75 Å². The second-order valence-electron chi connectivity index (χ2n) is 7.12. The number of pyridine rings is 1. The van der Waals surface area contributed by atoms with Gasteiger partial charge in [0.1, 0.15) is 5.69 Å². The molecule has 0 saturated carbocycles. The Labute approximate surface area is 205 Å². The summed E-state index contributed by atoms with van der Waals surface area (Å²) >= 11 is 12.3. The monoisotopic (exact) mass is 495 g/mol. The van der Waals surface area contributed by atoms with Crippen LogP contribution in [0.15, 0.2) is 72.8 Å². The van der Waals surface area contributed by atoms with Gasteiger partial charge in [-0.3, -0.25) is 4.79 Å². The molecule has 0 aliphatic rings. The molecule has 7 nitrogen and oxygen atoms in total. The van der Waals surface area contributed by atoms with Gasteiger partial charge in [-0.15, -0.1) is 0 Å². The quantitative estimate of drug-likeness (QED) is 0.344. The summed E-state index contributed by atoms with van der Waals surface area (Å²) in [6.07, 6.45) is -0.856. The van der Waals surface area contributed by atoms with Crippen molar-refractivity contribution >= 4 is 51.8 Å². The number of rotatable bonds is 4. The largest absolute Gasteiger partial charge is 0.494 e. The van der Waals surface area contributed by atoms with Gasteiger partial charge in [-0.05, 0) is 24.3 Å². The van der Waals surface area contributed by atoms with Crippen LogP contribution in [0.3, 0.4) is 0 Å². The first-order chi connectivity index (χ1) is 16.4. The average molecular weight is 496 g/mol. The number of carbonyl (C=O) groups excluding carboxylic acids is 2. The number of methoxy groups -OCH3 is 2. The maximum atomic E-state index is 14.1. The van der Waals surface area contributed by atoms with Crippen LogP contribution in [0, 0.1) is 0 Å². The van der Waals surface area contributed by atoms with E-state index in [0.717, 1.165) is 10.6 Å². The highest BCUT2D eigenvalue weighted by molar-refractivity contribution is 6.35. The Morgan fingerprint density at radius 3 is 2.21 bits per heavy atom. The summed E-state index contributed by atoms with van der Waals surface area (Å²) in [5.74, 6) is -0.351. The van der Waals surface area contributed by atoms with Crippen LogP contribution in [0.25, 0.3) is 22.2 Å². The first kappa shape index (κ1) is 23.4. The van der Waals surface area contributed by atoms with Crippen molar-refractivity contribution in [2.24, 2.45) is 0 Å². The van der Waals surface area contributed by atoms with Crippen molar-refractivity contribution < 1.29 is 19.1 Å². The molecule has 0 unspecified atom stereocenters. The highest BCUT2D eigenvalue weighted by Gasteiger charge is 2.29. The van der Waals surface area contributed by atoms with E-state index in [-0.39, 0.29) is 27.0 Å². The Balaban J connectivity index is 1.99. The smallest absolute Gasteiger partial charge is 0.426 e. The molecule has 4 rings (SSSR count). The fourth-order valence-electron chi connectivity index (χ4n) is 3.55. The predicted molar refractivity (Wildman–Crippen MR) is 133 cm³/mol. The number of benzene rings is 3. The molecule has 172 valence electrons. The summed E-state index contributed by atoms with van der Waals surface area (Å²) in [6.45, 7) is 0. The number of hydrazine groups is 1. The number of anilines is 1. The van der Waals surface area contributed by atoms with E-state index in [2.05, 4.69) is 5.43 Å². The third-order valence-corrected chi connectivity index (χ3v) is 5.45. The Morgan fingerprint density at radius 1 is 0.912 bits per heavy atom. The lowest BCUT2D eigenvalue weighted by Crippen LogP contribution is -2.46. The van der Waals surface area contributed by atoms with Crippen LogP contribution >= 0.6 is 23.2 Å². The fraction of sp³-hybridized carbons (Fsp3) is 0.0800. The van der Waals surface area contributed by atoms with E-state index in [1.54, 1.807) is 18.2 Å². The van der Waals surface area contributed by atoms with E-state index in [4.69, 9.17) is 37.7 Å². The second-order valence-corrected chi connectivity index (χ2v) is 8.00. The molecule has 0 aliphatic heterocycles. The summed E-state index contributed by atoms with van der Waals surface area (Å²) in [5.41, 5.74) is 4.68. The maximum Gasteiger partial charge on any atom is 0.426 e. The van der Waals surface area contributed by atoms with Gasteiger partial charge < -0.3 is 9.47 Å². The topological polar surface area (TPSA) is 80.8 Å². The number of nitrogens with one attached hydrogen (secondary N) is 1. The molecule has 0 aliphatic carbocycles. The Bertz CT molecular complexity index is 1360. The van der Waals surface area contributed by atoms with Crippen molar-refractivity contribution in [3.8, 4) is 17.0 Å². The van der Waals surface area contributed by atoms with Crippen LogP contribution in [0.1, 0.15) is 10.4 Å². The number of carbonyl (C=O) groups is 2. The van der Waals surface area contributed by atoms with Crippen LogP contribution in [-0.2, 0) is 4.74 Å². The fourth-order valence-corrected chi connectivity index (χ4v) is 4.06. The lowest BCUT2D eigenvalue weighted by atomic mass is 10.0. The predicted octanol–water partition coefficient (Wildman–Crippen LogP) is 6.14. The van der Waals surface area contributed by atoms with E-state index in [0.29, 0.717) is 16.6 Å². The zero-order chi connectivity index (χ0) is 24.2. The van der Waals surface area contributed by atoms with Crippen molar-refractivity contribution in [1.82, 2.24) is 10.4 Å². The van der Waals surface area contributed by atoms with Crippen molar-refractivity contribution in [3.05, 3.63) is 88.4 Å². The molecule has 1 aromatic heterocycles. The van der Waals surface area contributed by atoms with Gasteiger partial charge in [0.2, 0.25) is 0 Å². The van der Waals surface area contributed by atoms with Gasteiger partial charge in [0.25, 0.3) is 5.91 Å². The molecule has 2 amide bonds. The number of hydrogen-bond acceptors (Lipinski definition) is 5. The molecule has 0 spiro atoms. The van der Waals surface area contributed by atoms with Gasteiger partial charge >= 0.3 is 6.09 Å². The van der Waals surface area contributed by atoms with Crippen molar-refractivity contribution in [2.75, 3.05) is 19.2 Å². The zero-order valence-corrected chi connectivity index (χ0v) is 19.7. The minimum Gasteiger partial charge on any atom is -0.494 e. The number of fused-ring (bicyclic) bond motifs is 1. The molecule has 9 heteroatoms. The van der Waals surface area contributed by atoms with Crippen molar-refractivity contribution in [3.63, 3.8) is 0 Å². The summed E-state index contributed by atoms with van der Waals surface area (Å²) in [5, 5.41) is 2.11. The molecule has 4 aromatic rings. The molecule has 0 fully saturated rings. The van der Waals surface area contributed by atoms with Crippen LogP contribution < -0.4 is 15.2 Å². The molecular weight excluding hydrogens is 477 g/mol. The summed E-state index contributed by atoms with van der Waals surface area (Å²) in [4.78, 5) is 31.0. The maximum absolute atomic E-state index is 14.1. The second kappa shape index (κ2) is 9.99. The molecule has 1 N–H and O–H groups in total. The highest BCUT2D eigenvalue weighted by atomic mass is 35.5. The minimum absolute atomic E-state index is 0.194. The summed E-state index contributed by atoms with van der Waals surface area (Å²) in [7, 11) is 2.65. The first-order valence-corrected chi connectivity index (χ1v) is 10.9. The lowest BCUT2D eigenvalue weighted by molar-refractivity contribution is 0.0963. The summed E-state index contributed by atoms with van der Waals surface area (Å²) in [6, 6.07) is 21.0. The summed E-state index contributed by atoms with van der Waals surface area (Å²) < 4.78 is 10.5. The number of hydrogen-bond donors (Lipinski definition) is 1. The number of amides is 2. The number of ether oxygens (including phenoxy) is 2. The minimum atomic E-state index is -0.856. The first-order valence-electron chi connectivity index (χ1n) is 10.1. The van der Waals surface area contributed by atoms with E-state index in [1.807, 2.05) is 36.4 Å². The van der Waals surface area contributed by atoms with E-state index in [9.17, 15) is 9.59 Å². The standard InChI is InChI=1S/C25H19Cl2N3O4/c1-33-23-21(19-10-6-7-11-20(19)28-22(23)15-8-4-3-5-9-15)24(31)30(29-25(32)34-2)18-13-16(26)12-17(27)14-18/h3-14H,1-2H3,(H,29,32). The van der Waals surface area contributed by atoms with Gasteiger partial charge in [0.15, 0.2) is 5.75 Å². The molecule has 0 atom stereocenters. The van der Waals surface area contributed by atoms with Crippen LogP contribution in [0.4, 0.5) is 10.5 Å².